The number of fused-ring (bicyclic) bond motifs is 1. The highest BCUT2D eigenvalue weighted by atomic mass is 16.2. The molecule has 1 N–H and O–H groups in total. The maximum atomic E-state index is 12.7. The Morgan fingerprint density at radius 2 is 1.92 bits per heavy atom. The van der Waals surface area contributed by atoms with Crippen LogP contribution in [0.3, 0.4) is 0 Å². The number of nitrogens with zero attached hydrogens (tertiary/aromatic N) is 1. The van der Waals surface area contributed by atoms with Gasteiger partial charge in [-0.1, -0.05) is 44.9 Å². The summed E-state index contributed by atoms with van der Waals surface area (Å²) in [4.78, 5) is 27.1. The van der Waals surface area contributed by atoms with Crippen LogP contribution in [0.2, 0.25) is 0 Å². The van der Waals surface area contributed by atoms with Gasteiger partial charge in [-0.15, -0.1) is 0 Å². The van der Waals surface area contributed by atoms with E-state index in [-0.39, 0.29) is 23.7 Å². The molecule has 3 atom stereocenters. The first-order chi connectivity index (χ1) is 11.6. The molecule has 130 valence electrons. The molecule has 2 fully saturated rings. The van der Waals surface area contributed by atoms with Gasteiger partial charge in [0.2, 0.25) is 11.8 Å². The van der Waals surface area contributed by atoms with E-state index in [0.29, 0.717) is 18.5 Å². The van der Waals surface area contributed by atoms with Crippen molar-refractivity contribution >= 4 is 17.5 Å². The summed E-state index contributed by atoms with van der Waals surface area (Å²) in [5.74, 6) is 0.593. The highest BCUT2D eigenvalue weighted by Gasteiger charge is 2.38. The SMILES string of the molecule is CC(C)C(=O)N(CC1CC2CCCCC2NC1=O)c1ccccc1. The van der Waals surface area contributed by atoms with Crippen LogP contribution in [0.1, 0.15) is 46.0 Å². The van der Waals surface area contributed by atoms with Crippen LogP contribution in [0, 0.1) is 17.8 Å². The smallest absolute Gasteiger partial charge is 0.229 e. The van der Waals surface area contributed by atoms with E-state index < -0.39 is 0 Å². The lowest BCUT2D eigenvalue weighted by Gasteiger charge is -2.41. The molecule has 1 saturated heterocycles. The molecule has 1 aliphatic carbocycles. The van der Waals surface area contributed by atoms with Gasteiger partial charge in [-0.05, 0) is 37.3 Å². The number of nitrogens with one attached hydrogen (secondary N) is 1. The number of benzene rings is 1. The normalized spacial score (nSPS) is 26.6. The van der Waals surface area contributed by atoms with E-state index in [1.165, 1.54) is 19.3 Å². The van der Waals surface area contributed by atoms with E-state index in [0.717, 1.165) is 18.5 Å². The van der Waals surface area contributed by atoms with Gasteiger partial charge in [0.15, 0.2) is 0 Å². The summed E-state index contributed by atoms with van der Waals surface area (Å²) in [6.45, 7) is 4.31. The molecule has 0 aromatic heterocycles. The molecule has 4 nitrogen and oxygen atoms in total. The van der Waals surface area contributed by atoms with Crippen molar-refractivity contribution < 1.29 is 9.59 Å². The zero-order valence-corrected chi connectivity index (χ0v) is 14.7. The molecule has 3 unspecified atom stereocenters. The van der Waals surface area contributed by atoms with Crippen molar-refractivity contribution in [3.8, 4) is 0 Å². The number of piperidine rings is 1. The molecule has 1 heterocycles. The predicted molar refractivity (Wildman–Crippen MR) is 95.6 cm³/mol. The molecule has 1 aliphatic heterocycles. The summed E-state index contributed by atoms with van der Waals surface area (Å²) in [7, 11) is 0. The van der Waals surface area contributed by atoms with E-state index in [1.54, 1.807) is 4.90 Å². The fraction of sp³-hybridized carbons (Fsp3) is 0.600. The van der Waals surface area contributed by atoms with Gasteiger partial charge in [-0.25, -0.2) is 0 Å². The first-order valence-corrected chi connectivity index (χ1v) is 9.23. The second-order valence-corrected chi connectivity index (χ2v) is 7.53. The predicted octanol–water partition coefficient (Wildman–Crippen LogP) is 3.37. The van der Waals surface area contributed by atoms with Crippen molar-refractivity contribution in [3.63, 3.8) is 0 Å². The summed E-state index contributed by atoms with van der Waals surface area (Å²) >= 11 is 0. The summed E-state index contributed by atoms with van der Waals surface area (Å²) in [5, 5.41) is 3.22. The molecule has 0 bridgehead atoms. The van der Waals surface area contributed by atoms with Gasteiger partial charge >= 0.3 is 0 Å². The van der Waals surface area contributed by atoms with E-state index >= 15 is 0 Å². The zero-order chi connectivity index (χ0) is 17.1. The van der Waals surface area contributed by atoms with E-state index in [2.05, 4.69) is 5.32 Å². The van der Waals surface area contributed by atoms with E-state index in [4.69, 9.17) is 0 Å². The van der Waals surface area contributed by atoms with Gasteiger partial charge in [0.1, 0.15) is 0 Å². The molecule has 1 saturated carbocycles. The quantitative estimate of drug-likeness (QED) is 0.921. The summed E-state index contributed by atoms with van der Waals surface area (Å²) in [5.41, 5.74) is 0.884. The van der Waals surface area contributed by atoms with Crippen molar-refractivity contribution in [1.82, 2.24) is 5.32 Å². The Morgan fingerprint density at radius 1 is 1.21 bits per heavy atom. The first kappa shape index (κ1) is 17.0. The lowest BCUT2D eigenvalue weighted by Crippen LogP contribution is -2.54. The minimum absolute atomic E-state index is 0.0831. The highest BCUT2D eigenvalue weighted by Crippen LogP contribution is 2.34. The number of carbonyl (C=O) groups is 2. The third-order valence-electron chi connectivity index (χ3n) is 5.43. The Balaban J connectivity index is 1.77. The topological polar surface area (TPSA) is 49.4 Å². The van der Waals surface area contributed by atoms with Crippen LogP contribution in [0.15, 0.2) is 30.3 Å². The Morgan fingerprint density at radius 3 is 2.62 bits per heavy atom. The van der Waals surface area contributed by atoms with Crippen molar-refractivity contribution in [2.75, 3.05) is 11.4 Å². The van der Waals surface area contributed by atoms with Crippen LogP contribution < -0.4 is 10.2 Å². The summed E-state index contributed by atoms with van der Waals surface area (Å²) in [6, 6.07) is 10.1. The minimum atomic E-state index is -0.104. The number of hydrogen-bond donors (Lipinski definition) is 1. The Kier molecular flexibility index (Phi) is 5.22. The average Bonchev–Trinajstić information content (AvgIpc) is 2.60. The van der Waals surface area contributed by atoms with Crippen molar-refractivity contribution in [1.29, 1.82) is 0 Å². The van der Waals surface area contributed by atoms with Gasteiger partial charge < -0.3 is 10.2 Å². The first-order valence-electron chi connectivity index (χ1n) is 9.23. The number of hydrogen-bond acceptors (Lipinski definition) is 2. The second kappa shape index (κ2) is 7.37. The summed E-state index contributed by atoms with van der Waals surface area (Å²) in [6.07, 6.45) is 5.69. The number of rotatable bonds is 4. The largest absolute Gasteiger partial charge is 0.353 e. The number of carbonyl (C=O) groups excluding carboxylic acids is 2. The molecule has 4 heteroatoms. The van der Waals surface area contributed by atoms with Crippen LogP contribution in [0.4, 0.5) is 5.69 Å². The lowest BCUT2D eigenvalue weighted by molar-refractivity contribution is -0.130. The molecule has 2 amide bonds. The van der Waals surface area contributed by atoms with Gasteiger partial charge in [0.25, 0.3) is 0 Å². The maximum Gasteiger partial charge on any atom is 0.229 e. The summed E-state index contributed by atoms with van der Waals surface area (Å²) < 4.78 is 0. The van der Waals surface area contributed by atoms with Gasteiger partial charge in [-0.3, -0.25) is 9.59 Å². The van der Waals surface area contributed by atoms with Crippen molar-refractivity contribution in [2.45, 2.75) is 52.0 Å². The highest BCUT2D eigenvalue weighted by molar-refractivity contribution is 5.95. The molecular weight excluding hydrogens is 300 g/mol. The van der Waals surface area contributed by atoms with Crippen molar-refractivity contribution in [2.24, 2.45) is 17.8 Å². The Hall–Kier alpha value is -1.84. The number of amides is 2. The third-order valence-corrected chi connectivity index (χ3v) is 5.43. The fourth-order valence-corrected chi connectivity index (χ4v) is 4.07. The minimum Gasteiger partial charge on any atom is -0.353 e. The molecule has 0 spiro atoms. The van der Waals surface area contributed by atoms with E-state index in [9.17, 15) is 9.59 Å². The van der Waals surface area contributed by atoms with Crippen LogP contribution in [0.5, 0.6) is 0 Å². The zero-order valence-electron chi connectivity index (χ0n) is 14.7. The van der Waals surface area contributed by atoms with Crippen molar-refractivity contribution in [3.05, 3.63) is 30.3 Å². The lowest BCUT2D eigenvalue weighted by atomic mass is 9.75. The second-order valence-electron chi connectivity index (χ2n) is 7.53. The van der Waals surface area contributed by atoms with Gasteiger partial charge in [0, 0.05) is 24.2 Å². The van der Waals surface area contributed by atoms with Gasteiger partial charge in [-0.2, -0.15) is 0 Å². The maximum absolute atomic E-state index is 12.7. The Labute approximate surface area is 144 Å². The average molecular weight is 328 g/mol. The number of anilines is 1. The Bertz CT molecular complexity index is 585. The molecular formula is C20H28N2O2. The molecule has 2 aliphatic rings. The van der Waals surface area contributed by atoms with Crippen LogP contribution in [0.25, 0.3) is 0 Å². The van der Waals surface area contributed by atoms with Crippen LogP contribution in [-0.2, 0) is 9.59 Å². The fourth-order valence-electron chi connectivity index (χ4n) is 4.07. The molecule has 1 aromatic carbocycles. The molecule has 3 rings (SSSR count). The van der Waals surface area contributed by atoms with E-state index in [1.807, 2.05) is 44.2 Å². The van der Waals surface area contributed by atoms with Crippen LogP contribution in [-0.4, -0.2) is 24.4 Å². The molecule has 0 radical (unpaired) electrons. The standard InChI is InChI=1S/C20H28N2O2/c1-14(2)20(24)22(17-9-4-3-5-10-17)13-16-12-15-8-6-7-11-18(15)21-19(16)23/h3-5,9-10,14-16,18H,6-8,11-13H2,1-2H3,(H,21,23). The monoisotopic (exact) mass is 328 g/mol. The van der Waals surface area contributed by atoms with Crippen LogP contribution >= 0.6 is 0 Å². The number of para-hydroxylation sites is 1. The molecule has 1 aromatic rings. The third kappa shape index (κ3) is 3.63. The molecule has 24 heavy (non-hydrogen) atoms. The van der Waals surface area contributed by atoms with Gasteiger partial charge in [0.05, 0.1) is 5.92 Å².